The van der Waals surface area contributed by atoms with Gasteiger partial charge in [-0.05, 0) is 48.6 Å². The Hall–Kier alpha value is -2.71. The summed E-state index contributed by atoms with van der Waals surface area (Å²) in [6.45, 7) is 0.856. The van der Waals surface area contributed by atoms with Gasteiger partial charge in [0.25, 0.3) is 0 Å². The van der Waals surface area contributed by atoms with Gasteiger partial charge in [-0.25, -0.2) is 4.68 Å². The number of benzene rings is 1. The van der Waals surface area contributed by atoms with Gasteiger partial charge in [-0.15, -0.1) is 16.4 Å². The first-order valence-electron chi connectivity index (χ1n) is 9.28. The summed E-state index contributed by atoms with van der Waals surface area (Å²) in [6, 6.07) is 11.9. The maximum atomic E-state index is 12.1. The number of carbonyl (C=O) groups excluding carboxylic acids is 1. The number of thiophene rings is 1. The first-order chi connectivity index (χ1) is 13.7. The molecule has 1 aromatic carbocycles. The summed E-state index contributed by atoms with van der Waals surface area (Å²) in [4.78, 5) is 17.6. The van der Waals surface area contributed by atoms with E-state index in [0.717, 1.165) is 35.5 Å². The molecular formula is C20H22N4O3S. The van der Waals surface area contributed by atoms with Gasteiger partial charge in [0.05, 0.1) is 17.2 Å². The van der Waals surface area contributed by atoms with Gasteiger partial charge in [-0.1, -0.05) is 12.5 Å². The minimum Gasteiger partial charge on any atom is -0.460 e. The minimum atomic E-state index is 0.104. The summed E-state index contributed by atoms with van der Waals surface area (Å²) in [6.07, 6.45) is 3.11. The molecule has 146 valence electrons. The summed E-state index contributed by atoms with van der Waals surface area (Å²) >= 11 is 1.59. The Balaban J connectivity index is 1.55. The van der Waals surface area contributed by atoms with Crippen LogP contribution in [0.1, 0.15) is 19.3 Å². The van der Waals surface area contributed by atoms with E-state index in [9.17, 15) is 4.79 Å². The predicted molar refractivity (Wildman–Crippen MR) is 108 cm³/mol. The predicted octanol–water partition coefficient (Wildman–Crippen LogP) is 3.76. The Bertz CT molecular complexity index is 918. The van der Waals surface area contributed by atoms with E-state index in [4.69, 9.17) is 9.47 Å². The van der Waals surface area contributed by atoms with Gasteiger partial charge in [0, 0.05) is 18.7 Å². The molecule has 1 N–H and O–H groups in total. The molecule has 1 aliphatic rings. The number of hydrogen-bond donors (Lipinski definition) is 1. The van der Waals surface area contributed by atoms with Crippen LogP contribution in [-0.4, -0.2) is 41.0 Å². The number of hydrogen-bond acceptors (Lipinski definition) is 6. The maximum absolute atomic E-state index is 12.1. The van der Waals surface area contributed by atoms with Gasteiger partial charge < -0.3 is 14.8 Å². The van der Waals surface area contributed by atoms with Gasteiger partial charge in [-0.3, -0.25) is 4.79 Å². The van der Waals surface area contributed by atoms with Crippen molar-refractivity contribution in [2.75, 3.05) is 25.6 Å². The number of carbonyl (C=O) groups is 1. The fraction of sp³-hybridized carbons (Fsp3) is 0.350. The molecule has 1 aliphatic carbocycles. The van der Waals surface area contributed by atoms with E-state index < -0.39 is 0 Å². The molecule has 0 atom stereocenters. The second-order valence-electron chi connectivity index (χ2n) is 6.61. The zero-order valence-corrected chi connectivity index (χ0v) is 16.4. The third-order valence-corrected chi connectivity index (χ3v) is 5.57. The van der Waals surface area contributed by atoms with E-state index in [2.05, 4.69) is 15.4 Å². The van der Waals surface area contributed by atoms with Crippen molar-refractivity contribution in [3.05, 3.63) is 41.8 Å². The lowest BCUT2D eigenvalue weighted by atomic mass is 9.85. The number of ether oxygens (including phenoxy) is 2. The highest BCUT2D eigenvalue weighted by Crippen LogP contribution is 2.29. The van der Waals surface area contributed by atoms with Crippen LogP contribution >= 0.6 is 11.3 Å². The van der Waals surface area contributed by atoms with Gasteiger partial charge in [0.2, 0.25) is 5.91 Å². The Kier molecular flexibility index (Phi) is 5.68. The summed E-state index contributed by atoms with van der Waals surface area (Å²) < 4.78 is 12.4. The van der Waals surface area contributed by atoms with Crippen LogP contribution in [0.5, 0.6) is 6.01 Å². The van der Waals surface area contributed by atoms with Crippen LogP contribution in [0.3, 0.4) is 0 Å². The number of rotatable bonds is 8. The highest BCUT2D eigenvalue weighted by Gasteiger charge is 2.25. The Morgan fingerprint density at radius 2 is 2.07 bits per heavy atom. The maximum Gasteiger partial charge on any atom is 0.336 e. The van der Waals surface area contributed by atoms with Gasteiger partial charge in [0.1, 0.15) is 6.61 Å². The minimum absolute atomic E-state index is 0.104. The van der Waals surface area contributed by atoms with Crippen molar-refractivity contribution < 1.29 is 14.3 Å². The monoisotopic (exact) mass is 398 g/mol. The Labute approximate surface area is 167 Å². The van der Waals surface area contributed by atoms with Crippen molar-refractivity contribution in [1.82, 2.24) is 14.8 Å². The molecule has 1 fully saturated rings. The van der Waals surface area contributed by atoms with Crippen molar-refractivity contribution >= 4 is 22.9 Å². The third-order valence-electron chi connectivity index (χ3n) is 4.70. The summed E-state index contributed by atoms with van der Waals surface area (Å²) in [5.74, 6) is 0.980. The average Bonchev–Trinajstić information content (AvgIpc) is 3.30. The van der Waals surface area contributed by atoms with Crippen LogP contribution in [0.2, 0.25) is 0 Å². The van der Waals surface area contributed by atoms with E-state index in [1.165, 1.54) is 0 Å². The lowest BCUT2D eigenvalue weighted by Crippen LogP contribution is -2.27. The van der Waals surface area contributed by atoms with E-state index in [1.54, 1.807) is 23.1 Å². The first kappa shape index (κ1) is 18.6. The van der Waals surface area contributed by atoms with E-state index in [0.29, 0.717) is 25.0 Å². The number of nitrogens with zero attached hydrogens (tertiary/aromatic N) is 3. The number of anilines is 1. The Morgan fingerprint density at radius 1 is 1.25 bits per heavy atom. The molecular weight excluding hydrogens is 376 g/mol. The third kappa shape index (κ3) is 4.07. The van der Waals surface area contributed by atoms with Crippen LogP contribution in [0.25, 0.3) is 16.4 Å². The normalized spacial score (nSPS) is 13.9. The molecule has 28 heavy (non-hydrogen) atoms. The van der Waals surface area contributed by atoms with E-state index >= 15 is 0 Å². The van der Waals surface area contributed by atoms with Crippen LogP contribution < -0.4 is 10.1 Å². The number of amides is 1. The molecule has 2 heterocycles. The summed E-state index contributed by atoms with van der Waals surface area (Å²) in [5, 5.41) is 9.48. The van der Waals surface area contributed by atoms with Crippen molar-refractivity contribution in [1.29, 1.82) is 0 Å². The van der Waals surface area contributed by atoms with Crippen molar-refractivity contribution in [3.63, 3.8) is 0 Å². The van der Waals surface area contributed by atoms with Gasteiger partial charge in [-0.2, -0.15) is 4.98 Å². The molecule has 2 aromatic heterocycles. The fourth-order valence-electron chi connectivity index (χ4n) is 2.92. The SMILES string of the molecule is COCCOc1nc(-c2cccs2)n(-c2ccc(NC(=O)C3CCC3)cc2)n1. The van der Waals surface area contributed by atoms with E-state index in [-0.39, 0.29) is 11.8 Å². The fourth-order valence-corrected chi connectivity index (χ4v) is 3.62. The van der Waals surface area contributed by atoms with E-state index in [1.807, 2.05) is 41.8 Å². The lowest BCUT2D eigenvalue weighted by Gasteiger charge is -2.24. The zero-order chi connectivity index (χ0) is 19.3. The molecule has 7 nitrogen and oxygen atoms in total. The Morgan fingerprint density at radius 3 is 2.71 bits per heavy atom. The van der Waals surface area contributed by atoms with Crippen LogP contribution in [0, 0.1) is 5.92 Å². The van der Waals surface area contributed by atoms with Crippen LogP contribution in [-0.2, 0) is 9.53 Å². The molecule has 0 radical (unpaired) electrons. The molecule has 0 bridgehead atoms. The quantitative estimate of drug-likeness (QED) is 0.585. The molecule has 1 amide bonds. The van der Waals surface area contributed by atoms with Crippen molar-refractivity contribution in [2.24, 2.45) is 5.92 Å². The zero-order valence-electron chi connectivity index (χ0n) is 15.6. The molecule has 3 aromatic rings. The molecule has 0 saturated heterocycles. The highest BCUT2D eigenvalue weighted by molar-refractivity contribution is 7.13. The molecule has 0 unspecified atom stereocenters. The highest BCUT2D eigenvalue weighted by atomic mass is 32.1. The largest absolute Gasteiger partial charge is 0.460 e. The summed E-state index contributed by atoms with van der Waals surface area (Å²) in [7, 11) is 1.62. The molecule has 8 heteroatoms. The standard InChI is InChI=1S/C20H22N4O3S/c1-26-11-12-27-20-22-18(17-6-3-13-28-17)24(23-20)16-9-7-15(8-10-16)21-19(25)14-4-2-5-14/h3,6-10,13-14H,2,4-5,11-12H2,1H3,(H,21,25). The molecule has 0 aliphatic heterocycles. The topological polar surface area (TPSA) is 78.3 Å². The average molecular weight is 398 g/mol. The second-order valence-corrected chi connectivity index (χ2v) is 7.56. The number of methoxy groups -OCH3 is 1. The van der Waals surface area contributed by atoms with Gasteiger partial charge >= 0.3 is 6.01 Å². The smallest absolute Gasteiger partial charge is 0.336 e. The number of aromatic nitrogens is 3. The molecule has 1 saturated carbocycles. The summed E-state index contributed by atoms with van der Waals surface area (Å²) in [5.41, 5.74) is 1.63. The lowest BCUT2D eigenvalue weighted by molar-refractivity contribution is -0.122. The van der Waals surface area contributed by atoms with Crippen molar-refractivity contribution in [3.8, 4) is 22.4 Å². The van der Waals surface area contributed by atoms with Gasteiger partial charge in [0.15, 0.2) is 5.82 Å². The van der Waals surface area contributed by atoms with Crippen LogP contribution in [0.15, 0.2) is 41.8 Å². The second kappa shape index (κ2) is 8.53. The molecule has 4 rings (SSSR count). The molecule has 0 spiro atoms. The van der Waals surface area contributed by atoms with Crippen molar-refractivity contribution in [2.45, 2.75) is 19.3 Å². The van der Waals surface area contributed by atoms with Crippen LogP contribution in [0.4, 0.5) is 5.69 Å². The first-order valence-corrected chi connectivity index (χ1v) is 10.2. The number of nitrogens with one attached hydrogen (secondary N) is 1.